The fraction of sp³-hybridized carbons (Fsp3) is 0.133. The summed E-state index contributed by atoms with van der Waals surface area (Å²) in [5, 5.41) is 4.58. The molecule has 0 aliphatic rings. The van der Waals surface area contributed by atoms with E-state index in [4.69, 9.17) is 11.6 Å². The van der Waals surface area contributed by atoms with E-state index in [1.54, 1.807) is 16.9 Å². The maximum absolute atomic E-state index is 6.15. The van der Waals surface area contributed by atoms with Crippen LogP contribution in [-0.4, -0.2) is 19.7 Å². The van der Waals surface area contributed by atoms with Crippen molar-refractivity contribution in [3.8, 4) is 22.6 Å². The molecule has 21 heavy (non-hydrogen) atoms. The van der Waals surface area contributed by atoms with Crippen LogP contribution in [0.2, 0.25) is 5.15 Å². The molecule has 4 nitrogen and oxygen atoms in total. The minimum atomic E-state index is 0.418. The molecule has 0 amide bonds. The molecule has 0 saturated heterocycles. The van der Waals surface area contributed by atoms with Crippen molar-refractivity contribution in [2.24, 2.45) is 7.05 Å². The summed E-state index contributed by atoms with van der Waals surface area (Å²) >= 11 is 9.61. The third-order valence-electron chi connectivity index (χ3n) is 3.12. The highest BCUT2D eigenvalue weighted by Crippen LogP contribution is 2.27. The number of benzene rings is 1. The van der Waals surface area contributed by atoms with Crippen LogP contribution in [0.3, 0.4) is 0 Å². The molecule has 0 bridgehead atoms. The fourth-order valence-corrected chi connectivity index (χ4v) is 2.78. The second-order valence-electron chi connectivity index (χ2n) is 4.76. The van der Waals surface area contributed by atoms with Gasteiger partial charge in [0, 0.05) is 34.9 Å². The molecule has 0 fully saturated rings. The molecule has 0 unspecified atom stereocenters. The molecule has 0 aliphatic heterocycles. The summed E-state index contributed by atoms with van der Waals surface area (Å²) in [6.45, 7) is 2.02. The number of nitrogens with zero attached hydrogens (tertiary/aromatic N) is 4. The molecule has 1 aromatic carbocycles. The van der Waals surface area contributed by atoms with Gasteiger partial charge in [0.1, 0.15) is 5.15 Å². The van der Waals surface area contributed by atoms with Gasteiger partial charge in [0.25, 0.3) is 0 Å². The Hall–Kier alpha value is -1.72. The van der Waals surface area contributed by atoms with E-state index in [1.165, 1.54) is 0 Å². The Morgan fingerprint density at radius 2 is 2.00 bits per heavy atom. The zero-order valence-electron chi connectivity index (χ0n) is 11.5. The van der Waals surface area contributed by atoms with Gasteiger partial charge in [-0.2, -0.15) is 5.10 Å². The van der Waals surface area contributed by atoms with Gasteiger partial charge in [-0.3, -0.25) is 4.68 Å². The van der Waals surface area contributed by atoms with Crippen molar-refractivity contribution in [1.82, 2.24) is 19.7 Å². The van der Waals surface area contributed by atoms with Gasteiger partial charge in [-0.1, -0.05) is 27.5 Å². The van der Waals surface area contributed by atoms with Gasteiger partial charge in [0.15, 0.2) is 5.82 Å². The van der Waals surface area contributed by atoms with E-state index in [9.17, 15) is 0 Å². The van der Waals surface area contributed by atoms with Gasteiger partial charge >= 0.3 is 0 Å². The molecule has 0 spiro atoms. The highest BCUT2D eigenvalue weighted by molar-refractivity contribution is 9.10. The van der Waals surface area contributed by atoms with E-state index in [-0.39, 0.29) is 0 Å². The van der Waals surface area contributed by atoms with Crippen LogP contribution >= 0.6 is 27.5 Å². The predicted molar refractivity (Wildman–Crippen MR) is 87.1 cm³/mol. The van der Waals surface area contributed by atoms with Crippen LogP contribution in [0, 0.1) is 6.92 Å². The first-order chi connectivity index (χ1) is 10.0. The third kappa shape index (κ3) is 2.99. The molecule has 0 N–H and O–H groups in total. The molecule has 2 heterocycles. The highest BCUT2D eigenvalue weighted by atomic mass is 79.9. The van der Waals surface area contributed by atoms with Crippen LogP contribution in [-0.2, 0) is 7.05 Å². The monoisotopic (exact) mass is 362 g/mol. The van der Waals surface area contributed by atoms with E-state index < -0.39 is 0 Å². The molecule has 6 heteroatoms. The van der Waals surface area contributed by atoms with Crippen molar-refractivity contribution in [1.29, 1.82) is 0 Å². The van der Waals surface area contributed by atoms with Crippen molar-refractivity contribution in [3.05, 3.63) is 51.8 Å². The Bertz CT molecular complexity index is 813. The first kappa shape index (κ1) is 14.2. The van der Waals surface area contributed by atoms with Crippen molar-refractivity contribution in [3.63, 3.8) is 0 Å². The maximum Gasteiger partial charge on any atom is 0.161 e. The molecule has 3 rings (SSSR count). The van der Waals surface area contributed by atoms with Crippen LogP contribution in [0.15, 0.2) is 41.1 Å². The van der Waals surface area contributed by atoms with Gasteiger partial charge in [-0.25, -0.2) is 9.97 Å². The first-order valence-corrected chi connectivity index (χ1v) is 7.50. The minimum absolute atomic E-state index is 0.418. The number of halogens is 2. The average Bonchev–Trinajstić information content (AvgIpc) is 2.84. The van der Waals surface area contributed by atoms with Crippen LogP contribution in [0.5, 0.6) is 0 Å². The van der Waals surface area contributed by atoms with Crippen molar-refractivity contribution >= 4 is 27.5 Å². The highest BCUT2D eigenvalue weighted by Gasteiger charge is 2.11. The lowest BCUT2D eigenvalue weighted by Gasteiger charge is -2.07. The third-order valence-corrected chi connectivity index (χ3v) is 3.81. The molecular formula is C15H12BrClN4. The largest absolute Gasteiger partial charge is 0.275 e. The van der Waals surface area contributed by atoms with E-state index in [2.05, 4.69) is 31.0 Å². The quantitative estimate of drug-likeness (QED) is 0.639. The van der Waals surface area contributed by atoms with E-state index in [1.807, 2.05) is 38.4 Å². The van der Waals surface area contributed by atoms with Crippen LogP contribution < -0.4 is 0 Å². The van der Waals surface area contributed by atoms with Gasteiger partial charge in [-0.15, -0.1) is 0 Å². The minimum Gasteiger partial charge on any atom is -0.275 e. The molecule has 2 aromatic heterocycles. The van der Waals surface area contributed by atoms with Crippen molar-refractivity contribution in [2.75, 3.05) is 0 Å². The topological polar surface area (TPSA) is 43.6 Å². The molecule has 0 radical (unpaired) electrons. The van der Waals surface area contributed by atoms with Gasteiger partial charge in [0.2, 0.25) is 0 Å². The number of aryl methyl sites for hydroxylation is 2. The Balaban J connectivity index is 2.13. The van der Waals surface area contributed by atoms with Crippen molar-refractivity contribution < 1.29 is 0 Å². The molecular weight excluding hydrogens is 352 g/mol. The van der Waals surface area contributed by atoms with Crippen LogP contribution in [0.1, 0.15) is 5.56 Å². The van der Waals surface area contributed by atoms with Gasteiger partial charge in [-0.05, 0) is 30.7 Å². The summed E-state index contributed by atoms with van der Waals surface area (Å²) < 4.78 is 2.76. The number of hydrogen-bond donors (Lipinski definition) is 0. The zero-order valence-corrected chi connectivity index (χ0v) is 13.9. The SMILES string of the molecule is Cc1cc(Br)ccc1-c1nc(Cl)cc(-c2cnn(C)c2)n1. The lowest BCUT2D eigenvalue weighted by molar-refractivity contribution is 0.768. The second kappa shape index (κ2) is 5.58. The summed E-state index contributed by atoms with van der Waals surface area (Å²) in [7, 11) is 1.87. The number of rotatable bonds is 2. The normalized spacial score (nSPS) is 10.9. The molecule has 106 valence electrons. The Labute approximate surface area is 135 Å². The first-order valence-electron chi connectivity index (χ1n) is 6.33. The Morgan fingerprint density at radius 1 is 1.19 bits per heavy atom. The van der Waals surface area contributed by atoms with Gasteiger partial charge < -0.3 is 0 Å². The summed E-state index contributed by atoms with van der Waals surface area (Å²) in [6.07, 6.45) is 3.66. The van der Waals surface area contributed by atoms with Gasteiger partial charge in [0.05, 0.1) is 11.9 Å². The zero-order chi connectivity index (χ0) is 15.0. The Morgan fingerprint density at radius 3 is 2.67 bits per heavy atom. The van der Waals surface area contributed by atoms with E-state index in [0.717, 1.165) is 26.9 Å². The second-order valence-corrected chi connectivity index (χ2v) is 6.06. The fourth-order valence-electron chi connectivity index (χ4n) is 2.12. The number of hydrogen-bond acceptors (Lipinski definition) is 3. The summed E-state index contributed by atoms with van der Waals surface area (Å²) in [5.74, 6) is 0.617. The van der Waals surface area contributed by atoms with Crippen molar-refractivity contribution in [2.45, 2.75) is 6.92 Å². The van der Waals surface area contributed by atoms with E-state index >= 15 is 0 Å². The van der Waals surface area contributed by atoms with Crippen LogP contribution in [0.25, 0.3) is 22.6 Å². The smallest absolute Gasteiger partial charge is 0.161 e. The number of aromatic nitrogens is 4. The summed E-state index contributed by atoms with van der Waals surface area (Å²) in [5.41, 5.74) is 3.73. The lowest BCUT2D eigenvalue weighted by Crippen LogP contribution is -1.94. The average molecular weight is 364 g/mol. The molecule has 0 aliphatic carbocycles. The predicted octanol–water partition coefficient (Wildman–Crippen LogP) is 4.27. The maximum atomic E-state index is 6.15. The lowest BCUT2D eigenvalue weighted by atomic mass is 10.1. The van der Waals surface area contributed by atoms with Crippen LogP contribution in [0.4, 0.5) is 0 Å². The molecule has 3 aromatic rings. The molecule has 0 atom stereocenters. The molecule has 0 saturated carbocycles. The summed E-state index contributed by atoms with van der Waals surface area (Å²) in [6, 6.07) is 7.73. The summed E-state index contributed by atoms with van der Waals surface area (Å²) in [4.78, 5) is 8.95. The standard InChI is InChI=1S/C15H12BrClN4/c1-9-5-11(16)3-4-12(9)15-19-13(6-14(17)20-15)10-7-18-21(2)8-10/h3-8H,1-2H3. The Kier molecular flexibility index (Phi) is 3.78. The van der Waals surface area contributed by atoms with E-state index in [0.29, 0.717) is 11.0 Å².